The summed E-state index contributed by atoms with van der Waals surface area (Å²) in [5, 5.41) is 8.49. The first-order valence-electron chi connectivity index (χ1n) is 10.2. The summed E-state index contributed by atoms with van der Waals surface area (Å²) in [5.74, 6) is 0.259. The van der Waals surface area contributed by atoms with Crippen molar-refractivity contribution in [3.05, 3.63) is 115 Å². The standard InChI is InChI=1S/C25H19Br3N4O2/c26-20-9-5-17(6-10-20)14-32-15-22(28)24(31-32)25(33)30-29-13-19-3-1-2-4-23(19)34-16-18-7-11-21(27)12-8-18/h1-13,15H,14,16H2,(H,30,33)/b29-13-. The van der Waals surface area contributed by atoms with E-state index < -0.39 is 5.91 Å². The molecule has 172 valence electrons. The lowest BCUT2D eigenvalue weighted by molar-refractivity contribution is 0.0948. The Morgan fingerprint density at radius 3 is 2.29 bits per heavy atom. The van der Waals surface area contributed by atoms with Crippen molar-refractivity contribution < 1.29 is 9.53 Å². The first-order valence-corrected chi connectivity index (χ1v) is 12.6. The highest BCUT2D eigenvalue weighted by atomic mass is 79.9. The zero-order chi connectivity index (χ0) is 23.9. The molecule has 0 radical (unpaired) electrons. The number of nitrogens with one attached hydrogen (secondary N) is 1. The summed E-state index contributed by atoms with van der Waals surface area (Å²) in [6.07, 6.45) is 3.33. The molecule has 0 aliphatic heterocycles. The number of para-hydroxylation sites is 1. The average molecular weight is 647 g/mol. The summed E-state index contributed by atoms with van der Waals surface area (Å²) >= 11 is 10.3. The maximum Gasteiger partial charge on any atom is 0.293 e. The zero-order valence-corrected chi connectivity index (χ0v) is 22.5. The minimum absolute atomic E-state index is 0.258. The van der Waals surface area contributed by atoms with Crippen molar-refractivity contribution in [2.75, 3.05) is 0 Å². The Morgan fingerprint density at radius 1 is 0.941 bits per heavy atom. The lowest BCUT2D eigenvalue weighted by Gasteiger charge is -2.09. The van der Waals surface area contributed by atoms with Crippen LogP contribution >= 0.6 is 47.8 Å². The fraction of sp³-hybridized carbons (Fsp3) is 0.0800. The number of halogens is 3. The molecule has 0 saturated carbocycles. The van der Waals surface area contributed by atoms with Gasteiger partial charge in [0.25, 0.3) is 5.91 Å². The molecule has 3 aromatic carbocycles. The third-order valence-corrected chi connectivity index (χ3v) is 6.42. The largest absolute Gasteiger partial charge is 0.488 e. The van der Waals surface area contributed by atoms with Crippen LogP contribution in [0.15, 0.2) is 97.5 Å². The number of hydrazone groups is 1. The van der Waals surface area contributed by atoms with Crippen molar-refractivity contribution in [1.29, 1.82) is 0 Å². The maximum absolute atomic E-state index is 12.6. The van der Waals surface area contributed by atoms with Crippen LogP contribution in [0.4, 0.5) is 0 Å². The summed E-state index contributed by atoms with van der Waals surface area (Å²) in [7, 11) is 0. The van der Waals surface area contributed by atoms with Crippen molar-refractivity contribution in [3.8, 4) is 5.75 Å². The molecule has 34 heavy (non-hydrogen) atoms. The van der Waals surface area contributed by atoms with Crippen LogP contribution in [-0.2, 0) is 13.2 Å². The van der Waals surface area contributed by atoms with Gasteiger partial charge in [0.05, 0.1) is 17.2 Å². The van der Waals surface area contributed by atoms with E-state index in [2.05, 4.69) is 63.4 Å². The Morgan fingerprint density at radius 2 is 1.59 bits per heavy atom. The maximum atomic E-state index is 12.6. The molecule has 0 spiro atoms. The summed E-state index contributed by atoms with van der Waals surface area (Å²) in [6, 6.07) is 23.4. The second-order valence-electron chi connectivity index (χ2n) is 7.30. The molecule has 0 saturated heterocycles. The number of hydrogen-bond donors (Lipinski definition) is 1. The molecule has 1 N–H and O–H groups in total. The van der Waals surface area contributed by atoms with Crippen LogP contribution in [-0.4, -0.2) is 21.9 Å². The van der Waals surface area contributed by atoms with E-state index in [1.807, 2.05) is 72.8 Å². The molecule has 6 nitrogen and oxygen atoms in total. The molecular weight excluding hydrogens is 628 g/mol. The fourth-order valence-electron chi connectivity index (χ4n) is 3.08. The van der Waals surface area contributed by atoms with Crippen molar-refractivity contribution in [1.82, 2.24) is 15.2 Å². The Kier molecular flexibility index (Phi) is 8.31. The molecule has 1 aromatic heterocycles. The number of rotatable bonds is 8. The third kappa shape index (κ3) is 6.65. The normalized spacial score (nSPS) is 11.0. The van der Waals surface area contributed by atoms with E-state index in [1.165, 1.54) is 0 Å². The molecule has 0 aliphatic carbocycles. The molecule has 9 heteroatoms. The van der Waals surface area contributed by atoms with Crippen LogP contribution in [0.1, 0.15) is 27.2 Å². The Balaban J connectivity index is 1.38. The van der Waals surface area contributed by atoms with Crippen LogP contribution in [0.3, 0.4) is 0 Å². The Hall–Kier alpha value is -2.75. The van der Waals surface area contributed by atoms with Gasteiger partial charge in [0, 0.05) is 20.7 Å². The highest BCUT2D eigenvalue weighted by Crippen LogP contribution is 2.19. The number of benzene rings is 3. The highest BCUT2D eigenvalue weighted by molar-refractivity contribution is 9.11. The van der Waals surface area contributed by atoms with Crippen molar-refractivity contribution in [3.63, 3.8) is 0 Å². The van der Waals surface area contributed by atoms with Crippen molar-refractivity contribution in [2.45, 2.75) is 13.2 Å². The van der Waals surface area contributed by atoms with E-state index in [4.69, 9.17) is 4.74 Å². The van der Waals surface area contributed by atoms with Gasteiger partial charge in [-0.2, -0.15) is 10.2 Å². The van der Waals surface area contributed by atoms with E-state index >= 15 is 0 Å². The first kappa shape index (κ1) is 24.4. The molecule has 0 bridgehead atoms. The number of carbonyl (C=O) groups is 1. The third-order valence-electron chi connectivity index (χ3n) is 4.79. The van der Waals surface area contributed by atoms with E-state index in [9.17, 15) is 4.79 Å². The minimum atomic E-state index is -0.411. The van der Waals surface area contributed by atoms with Crippen LogP contribution in [0.5, 0.6) is 5.75 Å². The quantitative estimate of drug-likeness (QED) is 0.174. The van der Waals surface area contributed by atoms with Gasteiger partial charge in [0.1, 0.15) is 12.4 Å². The van der Waals surface area contributed by atoms with Crippen molar-refractivity contribution >= 4 is 59.9 Å². The van der Waals surface area contributed by atoms with Crippen LogP contribution in [0.2, 0.25) is 0 Å². The molecule has 0 aliphatic rings. The summed E-state index contributed by atoms with van der Waals surface area (Å²) in [5.41, 5.74) is 5.67. The van der Waals surface area contributed by atoms with Crippen LogP contribution in [0, 0.1) is 0 Å². The number of hydrogen-bond acceptors (Lipinski definition) is 4. The summed E-state index contributed by atoms with van der Waals surface area (Å²) in [6.45, 7) is 0.971. The molecule has 1 heterocycles. The van der Waals surface area contributed by atoms with E-state index in [0.717, 1.165) is 25.6 Å². The average Bonchev–Trinajstić information content (AvgIpc) is 3.21. The zero-order valence-electron chi connectivity index (χ0n) is 17.8. The van der Waals surface area contributed by atoms with Gasteiger partial charge in [0.15, 0.2) is 5.69 Å². The number of nitrogens with zero attached hydrogens (tertiary/aromatic N) is 3. The predicted molar refractivity (Wildman–Crippen MR) is 143 cm³/mol. The number of aromatic nitrogens is 2. The lowest BCUT2D eigenvalue weighted by Crippen LogP contribution is -2.19. The minimum Gasteiger partial charge on any atom is -0.488 e. The first-order chi connectivity index (χ1) is 16.5. The second kappa shape index (κ2) is 11.6. The molecular formula is C25H19Br3N4O2. The molecule has 1 amide bonds. The van der Waals surface area contributed by atoms with E-state index in [0.29, 0.717) is 23.4 Å². The van der Waals surface area contributed by atoms with E-state index in [1.54, 1.807) is 17.1 Å². The van der Waals surface area contributed by atoms with Gasteiger partial charge in [-0.15, -0.1) is 0 Å². The van der Waals surface area contributed by atoms with Gasteiger partial charge in [-0.3, -0.25) is 9.48 Å². The number of amides is 1. The monoisotopic (exact) mass is 644 g/mol. The van der Waals surface area contributed by atoms with Gasteiger partial charge in [-0.1, -0.05) is 68.3 Å². The Labute approximate surface area is 222 Å². The molecule has 0 atom stereocenters. The van der Waals surface area contributed by atoms with Crippen molar-refractivity contribution in [2.24, 2.45) is 5.10 Å². The van der Waals surface area contributed by atoms with Gasteiger partial charge in [-0.25, -0.2) is 5.43 Å². The predicted octanol–water partition coefficient (Wildman–Crippen LogP) is 6.56. The fourth-order valence-corrected chi connectivity index (χ4v) is 4.11. The van der Waals surface area contributed by atoms with Gasteiger partial charge in [0.2, 0.25) is 0 Å². The van der Waals surface area contributed by atoms with Gasteiger partial charge >= 0.3 is 0 Å². The van der Waals surface area contributed by atoms with E-state index in [-0.39, 0.29) is 5.69 Å². The molecule has 4 aromatic rings. The van der Waals surface area contributed by atoms with Gasteiger partial charge in [-0.05, 0) is 63.5 Å². The SMILES string of the molecule is O=C(N/N=C\c1ccccc1OCc1ccc(Br)cc1)c1nn(Cc2ccc(Br)cc2)cc1Br. The molecule has 4 rings (SSSR count). The van der Waals surface area contributed by atoms with Gasteiger partial charge < -0.3 is 4.74 Å². The van der Waals surface area contributed by atoms with Crippen LogP contribution < -0.4 is 10.2 Å². The number of ether oxygens (including phenoxy) is 1. The highest BCUT2D eigenvalue weighted by Gasteiger charge is 2.15. The Bertz CT molecular complexity index is 1300. The summed E-state index contributed by atoms with van der Waals surface area (Å²) in [4.78, 5) is 12.6. The summed E-state index contributed by atoms with van der Waals surface area (Å²) < 4.78 is 10.3. The molecule has 0 unspecified atom stereocenters. The second-order valence-corrected chi connectivity index (χ2v) is 9.99. The molecule has 0 fully saturated rings. The topological polar surface area (TPSA) is 68.5 Å². The number of carbonyl (C=O) groups excluding carboxylic acids is 1. The smallest absolute Gasteiger partial charge is 0.293 e. The van der Waals surface area contributed by atoms with Crippen LogP contribution in [0.25, 0.3) is 0 Å². The lowest BCUT2D eigenvalue weighted by atomic mass is 10.2.